The molecular formula is C17H20ClF6N3O3S. The lowest BCUT2D eigenvalue weighted by molar-refractivity contribution is -0.145. The summed E-state index contributed by atoms with van der Waals surface area (Å²) in [5.41, 5.74) is -1.30. The molecule has 1 saturated heterocycles. The average molecular weight is 496 g/mol. The number of nitrogens with zero attached hydrogens (tertiary/aromatic N) is 2. The SMILES string of the molecule is O=C(CCNS(=O)(=O)c1ccc(Cl)c(C(F)(F)F)c1)N1CCCN(CC(F)(F)F)CC1. The molecule has 1 aliphatic heterocycles. The van der Waals surface area contributed by atoms with Crippen molar-refractivity contribution in [2.24, 2.45) is 0 Å². The summed E-state index contributed by atoms with van der Waals surface area (Å²) in [6, 6.07) is 2.12. The van der Waals surface area contributed by atoms with Gasteiger partial charge in [0, 0.05) is 39.1 Å². The maximum Gasteiger partial charge on any atom is 0.417 e. The second kappa shape index (κ2) is 9.92. The molecule has 0 radical (unpaired) electrons. The van der Waals surface area contributed by atoms with Crippen molar-refractivity contribution in [2.75, 3.05) is 39.3 Å². The fourth-order valence-electron chi connectivity index (χ4n) is 3.05. The Morgan fingerprint density at radius 1 is 1.06 bits per heavy atom. The van der Waals surface area contributed by atoms with Crippen molar-refractivity contribution in [3.63, 3.8) is 0 Å². The van der Waals surface area contributed by atoms with Crippen LogP contribution in [0.4, 0.5) is 26.3 Å². The van der Waals surface area contributed by atoms with Crippen LogP contribution in [0.15, 0.2) is 23.1 Å². The van der Waals surface area contributed by atoms with Gasteiger partial charge in [0.05, 0.1) is 22.0 Å². The van der Waals surface area contributed by atoms with Crippen LogP contribution in [-0.2, 0) is 21.0 Å². The molecule has 0 atom stereocenters. The minimum atomic E-state index is -4.84. The molecule has 31 heavy (non-hydrogen) atoms. The van der Waals surface area contributed by atoms with Gasteiger partial charge >= 0.3 is 12.4 Å². The number of carbonyl (C=O) groups excluding carboxylic acids is 1. The van der Waals surface area contributed by atoms with Gasteiger partial charge in [0.1, 0.15) is 0 Å². The van der Waals surface area contributed by atoms with Crippen molar-refractivity contribution in [3.8, 4) is 0 Å². The molecule has 0 aromatic heterocycles. The molecule has 1 heterocycles. The van der Waals surface area contributed by atoms with Gasteiger partial charge in [-0.3, -0.25) is 9.69 Å². The monoisotopic (exact) mass is 495 g/mol. The zero-order valence-electron chi connectivity index (χ0n) is 16.1. The van der Waals surface area contributed by atoms with Crippen molar-refractivity contribution in [1.82, 2.24) is 14.5 Å². The first-order valence-electron chi connectivity index (χ1n) is 9.12. The summed E-state index contributed by atoms with van der Waals surface area (Å²) < 4.78 is 103. The van der Waals surface area contributed by atoms with Gasteiger partial charge in [0.2, 0.25) is 15.9 Å². The molecule has 176 valence electrons. The maximum atomic E-state index is 12.9. The molecule has 1 fully saturated rings. The highest BCUT2D eigenvalue weighted by molar-refractivity contribution is 7.89. The van der Waals surface area contributed by atoms with Crippen LogP contribution in [0, 0.1) is 0 Å². The molecule has 1 aromatic rings. The predicted octanol–water partition coefficient (Wildman–Crippen LogP) is 3.12. The third kappa shape index (κ3) is 7.81. The van der Waals surface area contributed by atoms with E-state index in [9.17, 15) is 39.6 Å². The summed E-state index contributed by atoms with van der Waals surface area (Å²) in [6.07, 6.45) is -9.15. The van der Waals surface area contributed by atoms with Crippen molar-refractivity contribution >= 4 is 27.5 Å². The van der Waals surface area contributed by atoms with Crippen LogP contribution in [0.5, 0.6) is 0 Å². The highest BCUT2D eigenvalue weighted by Gasteiger charge is 2.35. The van der Waals surface area contributed by atoms with E-state index in [1.54, 1.807) is 0 Å². The molecule has 0 aliphatic carbocycles. The third-order valence-electron chi connectivity index (χ3n) is 4.53. The molecule has 2 rings (SSSR count). The molecule has 1 aliphatic rings. The average Bonchev–Trinajstić information content (AvgIpc) is 2.84. The van der Waals surface area contributed by atoms with Gasteiger partial charge in [0.25, 0.3) is 0 Å². The number of carbonyl (C=O) groups is 1. The fraction of sp³-hybridized carbons (Fsp3) is 0.588. The van der Waals surface area contributed by atoms with Crippen LogP contribution in [0.1, 0.15) is 18.4 Å². The number of hydrogen-bond donors (Lipinski definition) is 1. The summed E-state index contributed by atoms with van der Waals surface area (Å²) in [7, 11) is -4.34. The van der Waals surface area contributed by atoms with Crippen LogP contribution < -0.4 is 4.72 Å². The van der Waals surface area contributed by atoms with Crippen LogP contribution >= 0.6 is 11.6 Å². The van der Waals surface area contributed by atoms with E-state index in [1.165, 1.54) is 9.80 Å². The van der Waals surface area contributed by atoms with Crippen LogP contribution in [0.25, 0.3) is 0 Å². The van der Waals surface area contributed by atoms with Crippen LogP contribution in [-0.4, -0.2) is 69.6 Å². The number of halogens is 7. The van der Waals surface area contributed by atoms with Gasteiger partial charge in [-0.25, -0.2) is 13.1 Å². The summed E-state index contributed by atoms with van der Waals surface area (Å²) in [5.74, 6) is -0.469. The van der Waals surface area contributed by atoms with Gasteiger partial charge in [-0.15, -0.1) is 0 Å². The summed E-state index contributed by atoms with van der Waals surface area (Å²) in [5, 5.41) is -0.651. The Kier molecular flexibility index (Phi) is 8.22. The van der Waals surface area contributed by atoms with Crippen molar-refractivity contribution < 1.29 is 39.6 Å². The second-order valence-electron chi connectivity index (χ2n) is 6.91. The zero-order valence-corrected chi connectivity index (χ0v) is 17.6. The number of nitrogens with one attached hydrogen (secondary N) is 1. The molecule has 0 unspecified atom stereocenters. The van der Waals surface area contributed by atoms with Crippen molar-refractivity contribution in [2.45, 2.75) is 30.1 Å². The van der Waals surface area contributed by atoms with Gasteiger partial charge in [0.15, 0.2) is 0 Å². The lowest BCUT2D eigenvalue weighted by Crippen LogP contribution is -2.39. The Balaban J connectivity index is 1.92. The smallest absolute Gasteiger partial charge is 0.341 e. The number of sulfonamides is 1. The first-order valence-corrected chi connectivity index (χ1v) is 11.0. The Bertz CT molecular complexity index is 892. The first-order chi connectivity index (χ1) is 14.2. The lowest BCUT2D eigenvalue weighted by atomic mass is 10.2. The molecule has 14 heteroatoms. The van der Waals surface area contributed by atoms with Gasteiger partial charge in [-0.2, -0.15) is 26.3 Å². The van der Waals surface area contributed by atoms with E-state index >= 15 is 0 Å². The molecule has 0 saturated carbocycles. The zero-order chi connectivity index (χ0) is 23.4. The molecule has 1 amide bonds. The molecule has 0 bridgehead atoms. The number of amides is 1. The van der Waals surface area contributed by atoms with E-state index in [-0.39, 0.29) is 39.1 Å². The quantitative estimate of drug-likeness (QED) is 0.616. The van der Waals surface area contributed by atoms with E-state index in [4.69, 9.17) is 11.6 Å². The number of alkyl halides is 6. The standard InChI is InChI=1S/C17H20ClF6N3O3S/c18-14-3-2-12(10-13(14)17(22,23)24)31(29,30)25-5-4-15(28)27-7-1-6-26(8-9-27)11-16(19,20)21/h2-3,10,25H,1,4-9,11H2. The van der Waals surface area contributed by atoms with Crippen molar-refractivity contribution in [3.05, 3.63) is 28.8 Å². The maximum absolute atomic E-state index is 12.9. The molecule has 1 N–H and O–H groups in total. The van der Waals surface area contributed by atoms with Crippen LogP contribution in [0.2, 0.25) is 5.02 Å². The minimum absolute atomic E-state index is 0.0297. The first kappa shape index (κ1) is 25.7. The fourth-order valence-corrected chi connectivity index (χ4v) is 4.34. The van der Waals surface area contributed by atoms with E-state index < -0.39 is 50.3 Å². The second-order valence-corrected chi connectivity index (χ2v) is 9.09. The van der Waals surface area contributed by atoms with Gasteiger partial charge in [-0.1, -0.05) is 11.6 Å². The minimum Gasteiger partial charge on any atom is -0.341 e. The third-order valence-corrected chi connectivity index (χ3v) is 6.32. The summed E-state index contributed by atoms with van der Waals surface area (Å²) in [6.45, 7) is -0.959. The normalized spacial score (nSPS) is 16.9. The van der Waals surface area contributed by atoms with E-state index in [0.717, 1.165) is 12.1 Å². The largest absolute Gasteiger partial charge is 0.417 e. The molecule has 6 nitrogen and oxygen atoms in total. The molecule has 0 spiro atoms. The van der Waals surface area contributed by atoms with E-state index in [0.29, 0.717) is 12.5 Å². The van der Waals surface area contributed by atoms with Gasteiger partial charge < -0.3 is 4.90 Å². The Hall–Kier alpha value is -1.57. The van der Waals surface area contributed by atoms with Gasteiger partial charge in [-0.05, 0) is 24.6 Å². The van der Waals surface area contributed by atoms with Crippen molar-refractivity contribution in [1.29, 1.82) is 0 Å². The topological polar surface area (TPSA) is 69.7 Å². The molecular weight excluding hydrogens is 476 g/mol. The Morgan fingerprint density at radius 2 is 1.74 bits per heavy atom. The van der Waals surface area contributed by atoms with E-state index in [2.05, 4.69) is 4.72 Å². The Morgan fingerprint density at radius 3 is 2.35 bits per heavy atom. The number of hydrogen-bond acceptors (Lipinski definition) is 4. The predicted molar refractivity (Wildman–Crippen MR) is 100.0 cm³/mol. The number of rotatable bonds is 6. The highest BCUT2D eigenvalue weighted by Crippen LogP contribution is 2.35. The molecule has 1 aromatic carbocycles. The lowest BCUT2D eigenvalue weighted by Gasteiger charge is -2.22. The van der Waals surface area contributed by atoms with E-state index in [1.807, 2.05) is 0 Å². The number of benzene rings is 1. The Labute approximate surface area is 180 Å². The highest BCUT2D eigenvalue weighted by atomic mass is 35.5. The summed E-state index contributed by atoms with van der Waals surface area (Å²) in [4.78, 5) is 14.2. The van der Waals surface area contributed by atoms with Crippen LogP contribution in [0.3, 0.4) is 0 Å². The summed E-state index contributed by atoms with van der Waals surface area (Å²) >= 11 is 5.47.